The van der Waals surface area contributed by atoms with Crippen LogP contribution in [0.5, 0.6) is 0 Å². The lowest BCUT2D eigenvalue weighted by molar-refractivity contribution is 0.358. The van der Waals surface area contributed by atoms with Crippen molar-refractivity contribution >= 4 is 10.0 Å². The Balaban J connectivity index is 2.20. The summed E-state index contributed by atoms with van der Waals surface area (Å²) in [4.78, 5) is 2.32. The Labute approximate surface area is 121 Å². The van der Waals surface area contributed by atoms with E-state index in [2.05, 4.69) is 0 Å². The SMILES string of the molecule is CN(C)CCN(C)S(=O)(=O)c1cc(CN)n(C2CC2)c1. The van der Waals surface area contributed by atoms with Gasteiger partial charge in [0.05, 0.1) is 0 Å². The lowest BCUT2D eigenvalue weighted by Gasteiger charge is -2.18. The number of sulfonamides is 1. The van der Waals surface area contributed by atoms with Crippen LogP contribution in [0.1, 0.15) is 24.6 Å². The average Bonchev–Trinajstić information content (AvgIpc) is 3.14. The number of nitrogens with two attached hydrogens (primary N) is 1. The van der Waals surface area contributed by atoms with Crippen LogP contribution in [0.15, 0.2) is 17.2 Å². The van der Waals surface area contributed by atoms with E-state index in [0.717, 1.165) is 18.5 Å². The fourth-order valence-electron chi connectivity index (χ4n) is 2.13. The minimum Gasteiger partial charge on any atom is -0.346 e. The fourth-order valence-corrected chi connectivity index (χ4v) is 3.35. The molecule has 0 unspecified atom stereocenters. The number of hydrogen-bond acceptors (Lipinski definition) is 4. The summed E-state index contributed by atoms with van der Waals surface area (Å²) in [6.45, 7) is 1.54. The van der Waals surface area contributed by atoms with Gasteiger partial charge in [0.2, 0.25) is 10.0 Å². The minimum atomic E-state index is -3.42. The van der Waals surface area contributed by atoms with E-state index in [1.54, 1.807) is 19.3 Å². The Morgan fingerprint density at radius 2 is 1.95 bits per heavy atom. The van der Waals surface area contributed by atoms with E-state index in [0.29, 0.717) is 30.6 Å². The molecule has 1 aromatic rings. The van der Waals surface area contributed by atoms with Gasteiger partial charge in [-0.3, -0.25) is 0 Å². The summed E-state index contributed by atoms with van der Waals surface area (Å²) in [7, 11) is 2.05. The predicted octanol–water partition coefficient (Wildman–Crippen LogP) is 0.464. The van der Waals surface area contributed by atoms with Crippen molar-refractivity contribution in [3.05, 3.63) is 18.0 Å². The first-order valence-corrected chi connectivity index (χ1v) is 8.32. The number of hydrogen-bond donors (Lipinski definition) is 1. The summed E-state index contributed by atoms with van der Waals surface area (Å²) in [5.41, 5.74) is 6.61. The van der Waals surface area contributed by atoms with Crippen LogP contribution in [0.3, 0.4) is 0 Å². The molecular weight excluding hydrogens is 276 g/mol. The van der Waals surface area contributed by atoms with Gasteiger partial charge in [0.25, 0.3) is 0 Å². The van der Waals surface area contributed by atoms with E-state index in [-0.39, 0.29) is 0 Å². The van der Waals surface area contributed by atoms with Crippen LogP contribution in [0.25, 0.3) is 0 Å². The first-order chi connectivity index (χ1) is 9.36. The maximum absolute atomic E-state index is 12.5. The van der Waals surface area contributed by atoms with Crippen molar-refractivity contribution in [1.29, 1.82) is 0 Å². The summed E-state index contributed by atoms with van der Waals surface area (Å²) in [5, 5.41) is 0. The highest BCUT2D eigenvalue weighted by Crippen LogP contribution is 2.37. The molecule has 20 heavy (non-hydrogen) atoms. The number of likely N-dealkylation sites (N-methyl/N-ethyl adjacent to an activating group) is 2. The zero-order valence-electron chi connectivity index (χ0n) is 12.4. The molecule has 1 saturated carbocycles. The Bertz CT molecular complexity index is 561. The van der Waals surface area contributed by atoms with Crippen LogP contribution in [-0.2, 0) is 16.6 Å². The molecule has 0 aromatic carbocycles. The Morgan fingerprint density at radius 3 is 2.45 bits per heavy atom. The standard InChI is InChI=1S/C13H24N4O2S/c1-15(2)6-7-16(3)20(18,19)13-8-12(9-14)17(10-13)11-4-5-11/h8,10-11H,4-7,9,14H2,1-3H3. The molecule has 0 amide bonds. The summed E-state index contributed by atoms with van der Waals surface area (Å²) < 4.78 is 28.5. The molecule has 0 radical (unpaired) electrons. The molecule has 7 heteroatoms. The summed E-state index contributed by atoms with van der Waals surface area (Å²) in [6, 6.07) is 2.14. The van der Waals surface area contributed by atoms with Crippen LogP contribution in [0, 0.1) is 0 Å². The molecule has 1 aliphatic carbocycles. The third kappa shape index (κ3) is 3.22. The molecule has 2 N–H and O–H groups in total. The lowest BCUT2D eigenvalue weighted by Crippen LogP contribution is -2.33. The largest absolute Gasteiger partial charge is 0.346 e. The molecule has 114 valence electrons. The molecular formula is C13H24N4O2S. The van der Waals surface area contributed by atoms with Gasteiger partial charge in [0.15, 0.2) is 0 Å². The molecule has 6 nitrogen and oxygen atoms in total. The smallest absolute Gasteiger partial charge is 0.244 e. The van der Waals surface area contributed by atoms with Crippen molar-refractivity contribution in [1.82, 2.24) is 13.8 Å². The highest BCUT2D eigenvalue weighted by Gasteiger charge is 2.29. The second-order valence-corrected chi connectivity index (χ2v) is 7.68. The molecule has 1 aliphatic rings. The quantitative estimate of drug-likeness (QED) is 0.794. The van der Waals surface area contributed by atoms with E-state index < -0.39 is 10.0 Å². The van der Waals surface area contributed by atoms with Crippen LogP contribution in [0.4, 0.5) is 0 Å². The van der Waals surface area contributed by atoms with Gasteiger partial charge in [-0.25, -0.2) is 8.42 Å². The number of aromatic nitrogens is 1. The lowest BCUT2D eigenvalue weighted by atomic mass is 10.4. The Hall–Kier alpha value is -0.890. The van der Waals surface area contributed by atoms with Crippen LogP contribution in [-0.4, -0.2) is 56.4 Å². The van der Waals surface area contributed by atoms with E-state index >= 15 is 0 Å². The van der Waals surface area contributed by atoms with Gasteiger partial charge in [-0.05, 0) is 33.0 Å². The van der Waals surface area contributed by atoms with Gasteiger partial charge in [-0.2, -0.15) is 4.31 Å². The van der Waals surface area contributed by atoms with Crippen molar-refractivity contribution in [3.63, 3.8) is 0 Å². The van der Waals surface area contributed by atoms with Gasteiger partial charge >= 0.3 is 0 Å². The maximum atomic E-state index is 12.5. The molecule has 0 atom stereocenters. The molecule has 0 spiro atoms. The Kier molecular flexibility index (Phi) is 4.53. The summed E-state index contributed by atoms with van der Waals surface area (Å²) in [6.07, 6.45) is 3.95. The second kappa shape index (κ2) is 5.85. The van der Waals surface area contributed by atoms with E-state index in [1.165, 1.54) is 4.31 Å². The third-order valence-electron chi connectivity index (χ3n) is 3.63. The maximum Gasteiger partial charge on any atom is 0.244 e. The molecule has 0 saturated heterocycles. The van der Waals surface area contributed by atoms with Crippen LogP contribution in [0.2, 0.25) is 0 Å². The van der Waals surface area contributed by atoms with Crippen molar-refractivity contribution in [2.24, 2.45) is 5.73 Å². The monoisotopic (exact) mass is 300 g/mol. The minimum absolute atomic E-state index is 0.353. The van der Waals surface area contributed by atoms with E-state index in [1.807, 2.05) is 23.6 Å². The van der Waals surface area contributed by atoms with E-state index in [9.17, 15) is 8.42 Å². The third-order valence-corrected chi connectivity index (χ3v) is 5.45. The van der Waals surface area contributed by atoms with Gasteiger partial charge in [0.1, 0.15) is 4.90 Å². The zero-order chi connectivity index (χ0) is 14.9. The highest BCUT2D eigenvalue weighted by molar-refractivity contribution is 7.89. The van der Waals surface area contributed by atoms with Crippen molar-refractivity contribution in [2.75, 3.05) is 34.2 Å². The van der Waals surface area contributed by atoms with Gasteiger partial charge in [-0.15, -0.1) is 0 Å². The fraction of sp³-hybridized carbons (Fsp3) is 0.692. The van der Waals surface area contributed by atoms with Gasteiger partial charge < -0.3 is 15.2 Å². The summed E-state index contributed by atoms with van der Waals surface area (Å²) in [5.74, 6) is 0. The topological polar surface area (TPSA) is 71.6 Å². The molecule has 1 fully saturated rings. The Morgan fingerprint density at radius 1 is 1.30 bits per heavy atom. The number of rotatable bonds is 7. The first-order valence-electron chi connectivity index (χ1n) is 6.88. The first kappa shape index (κ1) is 15.5. The summed E-state index contributed by atoms with van der Waals surface area (Å²) >= 11 is 0. The highest BCUT2D eigenvalue weighted by atomic mass is 32.2. The normalized spacial score (nSPS) is 16.3. The van der Waals surface area contributed by atoms with Crippen molar-refractivity contribution < 1.29 is 8.42 Å². The van der Waals surface area contributed by atoms with Gasteiger partial charge in [0, 0.05) is 44.6 Å². The van der Waals surface area contributed by atoms with Crippen molar-refractivity contribution in [3.8, 4) is 0 Å². The van der Waals surface area contributed by atoms with Gasteiger partial charge in [-0.1, -0.05) is 0 Å². The molecule has 1 aromatic heterocycles. The zero-order valence-corrected chi connectivity index (χ0v) is 13.2. The number of nitrogens with zero attached hydrogens (tertiary/aromatic N) is 3. The van der Waals surface area contributed by atoms with E-state index in [4.69, 9.17) is 5.73 Å². The molecule has 1 heterocycles. The predicted molar refractivity (Wildman–Crippen MR) is 79.0 cm³/mol. The second-order valence-electron chi connectivity index (χ2n) is 5.64. The van der Waals surface area contributed by atoms with Crippen molar-refractivity contribution in [2.45, 2.75) is 30.3 Å². The van der Waals surface area contributed by atoms with Crippen LogP contribution >= 0.6 is 0 Å². The molecule has 0 aliphatic heterocycles. The van der Waals surface area contributed by atoms with Crippen LogP contribution < -0.4 is 5.73 Å². The molecule has 0 bridgehead atoms. The average molecular weight is 300 g/mol. The molecule has 2 rings (SSSR count).